The van der Waals surface area contributed by atoms with Gasteiger partial charge in [0.1, 0.15) is 5.75 Å². The van der Waals surface area contributed by atoms with Gasteiger partial charge in [0.05, 0.1) is 11.6 Å². The highest BCUT2D eigenvalue weighted by Crippen LogP contribution is 2.18. The Bertz CT molecular complexity index is 425. The molecule has 3 N–H and O–H groups in total. The third kappa shape index (κ3) is 3.20. The molecular weight excluding hydrogens is 218 g/mol. The molecule has 1 aromatic carbocycles. The number of hydrogen-bond acceptors (Lipinski definition) is 3. The first kappa shape index (κ1) is 13.5. The zero-order valence-electron chi connectivity index (χ0n) is 10.6. The number of hydrogen-bond donors (Lipinski definition) is 3. The smallest absolute Gasteiger partial charge is 0.251 e. The van der Waals surface area contributed by atoms with Crippen molar-refractivity contribution in [3.05, 3.63) is 29.3 Å². The minimum atomic E-state index is -0.692. The van der Waals surface area contributed by atoms with Crippen LogP contribution in [0.15, 0.2) is 18.2 Å². The van der Waals surface area contributed by atoms with Crippen LogP contribution < -0.4 is 5.32 Å². The summed E-state index contributed by atoms with van der Waals surface area (Å²) in [6, 6.07) is 4.65. The molecule has 0 saturated heterocycles. The summed E-state index contributed by atoms with van der Waals surface area (Å²) < 4.78 is 0. The molecule has 0 bridgehead atoms. The molecule has 0 aliphatic heterocycles. The molecule has 17 heavy (non-hydrogen) atoms. The van der Waals surface area contributed by atoms with E-state index in [1.165, 1.54) is 6.07 Å². The first-order valence-electron chi connectivity index (χ1n) is 5.54. The molecule has 0 spiro atoms. The van der Waals surface area contributed by atoms with Crippen LogP contribution in [0.4, 0.5) is 0 Å². The highest BCUT2D eigenvalue weighted by atomic mass is 16.3. The largest absolute Gasteiger partial charge is 0.508 e. The van der Waals surface area contributed by atoms with Crippen molar-refractivity contribution in [2.24, 2.45) is 0 Å². The van der Waals surface area contributed by atoms with Crippen LogP contribution >= 0.6 is 0 Å². The van der Waals surface area contributed by atoms with E-state index in [0.717, 1.165) is 0 Å². The Labute approximate surface area is 101 Å². The van der Waals surface area contributed by atoms with Crippen molar-refractivity contribution in [1.29, 1.82) is 0 Å². The van der Waals surface area contributed by atoms with Crippen molar-refractivity contribution in [1.82, 2.24) is 5.32 Å². The molecule has 4 heteroatoms. The van der Waals surface area contributed by atoms with Gasteiger partial charge in [-0.15, -0.1) is 0 Å². The molecule has 1 rings (SSSR count). The lowest BCUT2D eigenvalue weighted by molar-refractivity contribution is 0.0709. The fraction of sp³-hybridized carbons (Fsp3) is 0.462. The molecule has 0 saturated carbocycles. The Morgan fingerprint density at radius 1 is 1.41 bits per heavy atom. The van der Waals surface area contributed by atoms with E-state index in [9.17, 15) is 15.0 Å². The molecule has 1 unspecified atom stereocenters. The summed E-state index contributed by atoms with van der Waals surface area (Å²) in [6.07, 6.45) is -0.648. The highest BCUT2D eigenvalue weighted by molar-refractivity contribution is 5.95. The molecule has 4 nitrogen and oxygen atoms in total. The number of rotatable bonds is 3. The number of aliphatic hydroxyl groups is 1. The van der Waals surface area contributed by atoms with E-state index in [2.05, 4.69) is 5.32 Å². The van der Waals surface area contributed by atoms with Crippen molar-refractivity contribution in [2.45, 2.75) is 39.3 Å². The maximum Gasteiger partial charge on any atom is 0.251 e. The molecular formula is C13H19NO3. The summed E-state index contributed by atoms with van der Waals surface area (Å²) in [5, 5.41) is 21.6. The van der Waals surface area contributed by atoms with E-state index in [1.54, 1.807) is 39.8 Å². The van der Waals surface area contributed by atoms with E-state index < -0.39 is 11.6 Å². The van der Waals surface area contributed by atoms with Crippen LogP contribution in [-0.2, 0) is 0 Å². The van der Waals surface area contributed by atoms with Gasteiger partial charge in [-0.1, -0.05) is 0 Å². The monoisotopic (exact) mass is 237 g/mol. The van der Waals surface area contributed by atoms with E-state index in [1.807, 2.05) is 0 Å². The van der Waals surface area contributed by atoms with Gasteiger partial charge >= 0.3 is 0 Å². The summed E-state index contributed by atoms with van der Waals surface area (Å²) in [5.41, 5.74) is 0.421. The molecule has 0 aliphatic carbocycles. The SMILES string of the molecule is Cc1cc(C(=O)NC(C)(C)C(C)O)ccc1O. The minimum Gasteiger partial charge on any atom is -0.508 e. The van der Waals surface area contributed by atoms with Crippen molar-refractivity contribution < 1.29 is 15.0 Å². The second-order valence-corrected chi connectivity index (χ2v) is 4.85. The lowest BCUT2D eigenvalue weighted by atomic mass is 9.98. The van der Waals surface area contributed by atoms with Crippen LogP contribution in [0.3, 0.4) is 0 Å². The lowest BCUT2D eigenvalue weighted by Crippen LogP contribution is -2.50. The van der Waals surface area contributed by atoms with Gasteiger partial charge in [-0.2, -0.15) is 0 Å². The third-order valence-electron chi connectivity index (χ3n) is 2.94. The number of nitrogens with one attached hydrogen (secondary N) is 1. The number of aryl methyl sites for hydroxylation is 1. The number of carbonyl (C=O) groups is 1. The number of phenolic OH excluding ortho intramolecular Hbond substituents is 1. The summed E-state index contributed by atoms with van der Waals surface area (Å²) in [4.78, 5) is 11.9. The molecule has 0 fully saturated rings. The number of aliphatic hydroxyl groups excluding tert-OH is 1. The van der Waals surface area contributed by atoms with Crippen molar-refractivity contribution in [3.63, 3.8) is 0 Å². The maximum atomic E-state index is 11.9. The van der Waals surface area contributed by atoms with Gasteiger partial charge in [-0.05, 0) is 51.5 Å². The van der Waals surface area contributed by atoms with Crippen molar-refractivity contribution in [3.8, 4) is 5.75 Å². The fourth-order valence-electron chi connectivity index (χ4n) is 1.27. The Morgan fingerprint density at radius 2 is 2.00 bits per heavy atom. The number of phenols is 1. The van der Waals surface area contributed by atoms with E-state index in [4.69, 9.17) is 0 Å². The predicted octanol–water partition coefficient (Wildman–Crippen LogP) is 1.59. The number of benzene rings is 1. The maximum absolute atomic E-state index is 11.9. The molecule has 94 valence electrons. The zero-order valence-corrected chi connectivity index (χ0v) is 10.6. The highest BCUT2D eigenvalue weighted by Gasteiger charge is 2.26. The van der Waals surface area contributed by atoms with Gasteiger partial charge in [0.15, 0.2) is 0 Å². The molecule has 1 atom stereocenters. The Balaban J connectivity index is 2.87. The second kappa shape index (κ2) is 4.75. The average molecular weight is 237 g/mol. The van der Waals surface area contributed by atoms with E-state index >= 15 is 0 Å². The summed E-state index contributed by atoms with van der Waals surface area (Å²) in [7, 11) is 0. The van der Waals surface area contributed by atoms with Gasteiger partial charge in [0.25, 0.3) is 5.91 Å². The fourth-order valence-corrected chi connectivity index (χ4v) is 1.27. The van der Waals surface area contributed by atoms with E-state index in [-0.39, 0.29) is 11.7 Å². The molecule has 0 heterocycles. The predicted molar refractivity (Wildman–Crippen MR) is 66.1 cm³/mol. The van der Waals surface area contributed by atoms with Gasteiger partial charge in [-0.25, -0.2) is 0 Å². The van der Waals surface area contributed by atoms with Gasteiger partial charge in [0.2, 0.25) is 0 Å². The lowest BCUT2D eigenvalue weighted by Gasteiger charge is -2.29. The third-order valence-corrected chi connectivity index (χ3v) is 2.94. The number of carbonyl (C=O) groups excluding carboxylic acids is 1. The summed E-state index contributed by atoms with van der Waals surface area (Å²) >= 11 is 0. The van der Waals surface area contributed by atoms with Crippen LogP contribution in [0.5, 0.6) is 5.75 Å². The van der Waals surface area contributed by atoms with Crippen molar-refractivity contribution in [2.75, 3.05) is 0 Å². The van der Waals surface area contributed by atoms with Crippen LogP contribution in [-0.4, -0.2) is 27.8 Å². The minimum absolute atomic E-state index is 0.163. The van der Waals surface area contributed by atoms with Crippen molar-refractivity contribution >= 4 is 5.91 Å². The summed E-state index contributed by atoms with van der Waals surface area (Å²) in [6.45, 7) is 6.86. The van der Waals surface area contributed by atoms with Gasteiger partial charge in [-0.3, -0.25) is 4.79 Å². The Hall–Kier alpha value is -1.55. The Kier molecular flexibility index (Phi) is 3.78. The van der Waals surface area contributed by atoms with Crippen LogP contribution in [0.1, 0.15) is 36.7 Å². The number of aromatic hydroxyl groups is 1. The molecule has 1 aromatic rings. The molecule has 1 amide bonds. The average Bonchev–Trinajstić information content (AvgIpc) is 2.21. The quantitative estimate of drug-likeness (QED) is 0.747. The Morgan fingerprint density at radius 3 is 2.47 bits per heavy atom. The topological polar surface area (TPSA) is 69.6 Å². The van der Waals surface area contributed by atoms with Crippen LogP contribution in [0, 0.1) is 6.92 Å². The van der Waals surface area contributed by atoms with Crippen LogP contribution in [0.25, 0.3) is 0 Å². The summed E-state index contributed by atoms with van der Waals surface area (Å²) in [5.74, 6) is -0.102. The van der Waals surface area contributed by atoms with Gasteiger partial charge in [0, 0.05) is 5.56 Å². The second-order valence-electron chi connectivity index (χ2n) is 4.85. The van der Waals surface area contributed by atoms with E-state index in [0.29, 0.717) is 11.1 Å². The van der Waals surface area contributed by atoms with Crippen LogP contribution in [0.2, 0.25) is 0 Å². The molecule has 0 radical (unpaired) electrons. The first-order chi connectivity index (χ1) is 7.74. The standard InChI is InChI=1S/C13H19NO3/c1-8-7-10(5-6-11(8)16)12(17)14-13(3,4)9(2)15/h5-7,9,15-16H,1-4H3,(H,14,17). The molecule has 0 aliphatic rings. The molecule has 0 aromatic heterocycles. The number of amides is 1. The zero-order chi connectivity index (χ0) is 13.2. The van der Waals surface area contributed by atoms with Gasteiger partial charge < -0.3 is 15.5 Å². The first-order valence-corrected chi connectivity index (χ1v) is 5.54. The normalized spacial score (nSPS) is 13.2.